The van der Waals surface area contributed by atoms with Crippen LogP contribution in [-0.2, 0) is 4.79 Å². The van der Waals surface area contributed by atoms with E-state index in [4.69, 9.17) is 0 Å². The van der Waals surface area contributed by atoms with Gasteiger partial charge in [-0.25, -0.2) is 0 Å². The molecule has 0 unspecified atom stereocenters. The van der Waals surface area contributed by atoms with Crippen molar-refractivity contribution in [3.8, 4) is 0 Å². The number of rotatable bonds is 6. The molecule has 5 nitrogen and oxygen atoms in total. The summed E-state index contributed by atoms with van der Waals surface area (Å²) in [5.74, 6) is -0.796. The first-order chi connectivity index (χ1) is 10.9. The number of alkyl halides is 3. The number of anilines is 1. The molecule has 1 amide bonds. The fourth-order valence-corrected chi connectivity index (χ4v) is 3.76. The Morgan fingerprint density at radius 2 is 2.30 bits per heavy atom. The van der Waals surface area contributed by atoms with Crippen molar-refractivity contribution in [2.75, 3.05) is 30.7 Å². The Labute approximate surface area is 141 Å². The van der Waals surface area contributed by atoms with Gasteiger partial charge in [-0.3, -0.25) is 15.0 Å². The lowest BCUT2D eigenvalue weighted by molar-refractivity contribution is -0.186. The third kappa shape index (κ3) is 5.92. The number of halogens is 3. The van der Waals surface area contributed by atoms with Crippen molar-refractivity contribution < 1.29 is 18.0 Å². The van der Waals surface area contributed by atoms with Crippen LogP contribution in [0.5, 0.6) is 0 Å². The maximum Gasteiger partial charge on any atom is 0.393 e. The molecule has 1 atom stereocenters. The van der Waals surface area contributed by atoms with Crippen molar-refractivity contribution in [1.82, 2.24) is 14.3 Å². The molecule has 2 heterocycles. The minimum Gasteiger partial charge on any atom is -0.300 e. The number of nitrogens with zero attached hydrogens (tertiary/aromatic N) is 3. The number of hydrogen-bond donors (Lipinski definition) is 1. The molecule has 1 N–H and O–H groups in total. The first-order valence-electron chi connectivity index (χ1n) is 7.44. The summed E-state index contributed by atoms with van der Waals surface area (Å²) in [4.78, 5) is 17.7. The Balaban J connectivity index is 1.81. The molecule has 0 bridgehead atoms. The highest BCUT2D eigenvalue weighted by Gasteiger charge is 2.41. The standard InChI is InChI=1S/C13H19F3N4OS2/c1-2-6-22-12-18-11(23-19-12)17-10(21)8-20-5-3-4-9(7-20)13(14,15)16/h9H,2-8H2,1H3,(H,17,18,19,21)/t9-/m1/s1. The lowest BCUT2D eigenvalue weighted by atomic mass is 9.97. The predicted octanol–water partition coefficient (Wildman–Crippen LogP) is 3.25. The maximum absolute atomic E-state index is 12.8. The Hall–Kier alpha value is -0.870. The van der Waals surface area contributed by atoms with Gasteiger partial charge in [0, 0.05) is 23.8 Å². The molecule has 1 aromatic heterocycles. The molecule has 2 rings (SSSR count). The first-order valence-corrected chi connectivity index (χ1v) is 9.19. The predicted molar refractivity (Wildman–Crippen MR) is 84.8 cm³/mol. The van der Waals surface area contributed by atoms with Gasteiger partial charge in [-0.1, -0.05) is 18.7 Å². The SMILES string of the molecule is CCCSc1nsc(NC(=O)CN2CCC[C@@H](C(F)(F)F)C2)n1. The van der Waals surface area contributed by atoms with Crippen LogP contribution in [0.3, 0.4) is 0 Å². The lowest BCUT2D eigenvalue weighted by Crippen LogP contribution is -2.44. The summed E-state index contributed by atoms with van der Waals surface area (Å²) in [6.45, 7) is 2.39. The van der Waals surface area contributed by atoms with Crippen molar-refractivity contribution in [1.29, 1.82) is 0 Å². The second kappa shape index (κ2) is 8.29. The average molecular weight is 368 g/mol. The Morgan fingerprint density at radius 3 is 3.00 bits per heavy atom. The maximum atomic E-state index is 12.8. The van der Waals surface area contributed by atoms with E-state index in [0.717, 1.165) is 23.7 Å². The number of hydrogen-bond acceptors (Lipinski definition) is 6. The van der Waals surface area contributed by atoms with Crippen molar-refractivity contribution in [3.05, 3.63) is 0 Å². The van der Waals surface area contributed by atoms with E-state index in [1.165, 1.54) is 11.8 Å². The molecule has 1 aliphatic heterocycles. The van der Waals surface area contributed by atoms with Crippen molar-refractivity contribution in [2.24, 2.45) is 5.92 Å². The molecule has 1 aliphatic rings. The van der Waals surface area contributed by atoms with E-state index in [2.05, 4.69) is 21.6 Å². The highest BCUT2D eigenvalue weighted by atomic mass is 32.2. The summed E-state index contributed by atoms with van der Waals surface area (Å²) in [6.07, 6.45) is -2.61. The van der Waals surface area contributed by atoms with Gasteiger partial charge in [0.05, 0.1) is 12.5 Å². The second-order valence-corrected chi connectivity index (χ2v) is 7.21. The minimum absolute atomic E-state index is 0.0520. The first kappa shape index (κ1) is 18.5. The van der Waals surface area contributed by atoms with Gasteiger partial charge >= 0.3 is 6.18 Å². The third-order valence-electron chi connectivity index (χ3n) is 3.42. The molecule has 0 radical (unpaired) electrons. The summed E-state index contributed by atoms with van der Waals surface area (Å²) in [5.41, 5.74) is 0. The van der Waals surface area contributed by atoms with E-state index in [9.17, 15) is 18.0 Å². The van der Waals surface area contributed by atoms with E-state index in [1.807, 2.05) is 0 Å². The molecule has 130 valence electrons. The Kier molecular flexibility index (Phi) is 6.66. The van der Waals surface area contributed by atoms with E-state index >= 15 is 0 Å². The number of piperidine rings is 1. The van der Waals surface area contributed by atoms with Gasteiger partial charge in [0.15, 0.2) is 0 Å². The average Bonchev–Trinajstić information content (AvgIpc) is 2.91. The van der Waals surface area contributed by atoms with Crippen LogP contribution in [0.1, 0.15) is 26.2 Å². The number of carbonyl (C=O) groups is 1. The fraction of sp³-hybridized carbons (Fsp3) is 0.769. The summed E-state index contributed by atoms with van der Waals surface area (Å²) in [7, 11) is 0. The molecular formula is C13H19F3N4OS2. The zero-order chi connectivity index (χ0) is 16.9. The van der Waals surface area contributed by atoms with Gasteiger partial charge in [-0.15, -0.1) is 0 Å². The molecule has 10 heteroatoms. The van der Waals surface area contributed by atoms with E-state index in [0.29, 0.717) is 23.3 Å². The third-order valence-corrected chi connectivity index (χ3v) is 5.22. The van der Waals surface area contributed by atoms with E-state index in [-0.39, 0.29) is 25.4 Å². The molecule has 1 aromatic rings. The van der Waals surface area contributed by atoms with Crippen LogP contribution in [0, 0.1) is 5.92 Å². The van der Waals surface area contributed by atoms with Crippen LogP contribution < -0.4 is 5.32 Å². The molecule has 1 saturated heterocycles. The monoisotopic (exact) mass is 368 g/mol. The number of amides is 1. The molecule has 0 aliphatic carbocycles. The quantitative estimate of drug-likeness (QED) is 0.781. The number of thioether (sulfide) groups is 1. The highest BCUT2D eigenvalue weighted by Crippen LogP contribution is 2.33. The van der Waals surface area contributed by atoms with E-state index < -0.39 is 12.1 Å². The van der Waals surface area contributed by atoms with Crippen LogP contribution in [0.25, 0.3) is 0 Å². The fourth-order valence-electron chi connectivity index (χ4n) is 2.34. The Bertz CT molecular complexity index is 524. The zero-order valence-electron chi connectivity index (χ0n) is 12.7. The Morgan fingerprint density at radius 1 is 1.52 bits per heavy atom. The summed E-state index contributed by atoms with van der Waals surface area (Å²) < 4.78 is 42.4. The van der Waals surface area contributed by atoms with Crippen LogP contribution >= 0.6 is 23.3 Å². The smallest absolute Gasteiger partial charge is 0.300 e. The molecular weight excluding hydrogens is 349 g/mol. The second-order valence-electron chi connectivity index (χ2n) is 5.39. The highest BCUT2D eigenvalue weighted by molar-refractivity contribution is 7.99. The van der Waals surface area contributed by atoms with Gasteiger partial charge in [0.2, 0.25) is 16.2 Å². The van der Waals surface area contributed by atoms with Crippen molar-refractivity contribution >= 4 is 34.3 Å². The minimum atomic E-state index is -4.19. The normalized spacial score (nSPS) is 19.7. The van der Waals surface area contributed by atoms with Gasteiger partial charge < -0.3 is 0 Å². The number of likely N-dealkylation sites (tertiary alicyclic amines) is 1. The lowest BCUT2D eigenvalue weighted by Gasteiger charge is -2.33. The molecule has 0 spiro atoms. The topological polar surface area (TPSA) is 58.1 Å². The van der Waals surface area contributed by atoms with Crippen LogP contribution in [0.4, 0.5) is 18.3 Å². The van der Waals surface area contributed by atoms with Gasteiger partial charge in [0.1, 0.15) is 0 Å². The van der Waals surface area contributed by atoms with Crippen molar-refractivity contribution in [3.63, 3.8) is 0 Å². The summed E-state index contributed by atoms with van der Waals surface area (Å²) in [5, 5.41) is 3.61. The molecule has 0 saturated carbocycles. The van der Waals surface area contributed by atoms with Crippen LogP contribution in [0.15, 0.2) is 5.16 Å². The number of aromatic nitrogens is 2. The zero-order valence-corrected chi connectivity index (χ0v) is 14.4. The summed E-state index contributed by atoms with van der Waals surface area (Å²) in [6, 6.07) is 0. The van der Waals surface area contributed by atoms with E-state index in [1.54, 1.807) is 4.90 Å². The largest absolute Gasteiger partial charge is 0.393 e. The number of nitrogens with one attached hydrogen (secondary N) is 1. The van der Waals surface area contributed by atoms with Crippen LogP contribution in [0.2, 0.25) is 0 Å². The van der Waals surface area contributed by atoms with Gasteiger partial charge in [0.25, 0.3) is 0 Å². The number of carbonyl (C=O) groups excluding carboxylic acids is 1. The van der Waals surface area contributed by atoms with Gasteiger partial charge in [-0.2, -0.15) is 22.5 Å². The van der Waals surface area contributed by atoms with Gasteiger partial charge in [-0.05, 0) is 25.8 Å². The summed E-state index contributed by atoms with van der Waals surface area (Å²) >= 11 is 2.59. The van der Waals surface area contributed by atoms with Crippen LogP contribution in [-0.4, -0.2) is 51.7 Å². The molecule has 23 heavy (non-hydrogen) atoms. The molecule has 0 aromatic carbocycles. The van der Waals surface area contributed by atoms with Crippen molar-refractivity contribution in [2.45, 2.75) is 37.5 Å². The molecule has 1 fully saturated rings.